The monoisotopic (exact) mass is 442 g/mol. The summed E-state index contributed by atoms with van der Waals surface area (Å²) in [6, 6.07) is 15.1. The van der Waals surface area contributed by atoms with Gasteiger partial charge in [0, 0.05) is 24.1 Å². The number of sulfonamides is 1. The summed E-state index contributed by atoms with van der Waals surface area (Å²) in [5.41, 5.74) is 0.843. The SMILES string of the molecule is CCN(Cc1ccccc1)S(=O)(=O)c1ccc(C(=O)Nc2nnc(C(C)(C)C)o2)cc1. The van der Waals surface area contributed by atoms with Gasteiger partial charge in [0.2, 0.25) is 15.9 Å². The summed E-state index contributed by atoms with van der Waals surface area (Å²) in [5.74, 6) is -0.0630. The Labute approximate surface area is 182 Å². The van der Waals surface area contributed by atoms with Crippen molar-refractivity contribution in [3.63, 3.8) is 0 Å². The Hall–Kier alpha value is -3.04. The van der Waals surface area contributed by atoms with Gasteiger partial charge in [-0.05, 0) is 29.8 Å². The van der Waals surface area contributed by atoms with Crippen molar-refractivity contribution >= 4 is 21.9 Å². The molecule has 0 aliphatic heterocycles. The molecule has 31 heavy (non-hydrogen) atoms. The van der Waals surface area contributed by atoms with E-state index in [0.717, 1.165) is 5.56 Å². The van der Waals surface area contributed by atoms with Crippen LogP contribution in [0, 0.1) is 0 Å². The zero-order valence-electron chi connectivity index (χ0n) is 18.0. The molecule has 0 saturated carbocycles. The Kier molecular flexibility index (Phi) is 6.56. The lowest BCUT2D eigenvalue weighted by Gasteiger charge is -2.20. The maximum Gasteiger partial charge on any atom is 0.322 e. The maximum atomic E-state index is 13.0. The first-order chi connectivity index (χ1) is 14.6. The molecule has 164 valence electrons. The molecule has 0 aliphatic rings. The van der Waals surface area contributed by atoms with Crippen LogP contribution in [0.25, 0.3) is 0 Å². The Morgan fingerprint density at radius 3 is 2.23 bits per heavy atom. The highest BCUT2D eigenvalue weighted by Crippen LogP contribution is 2.23. The number of nitrogens with zero attached hydrogens (tertiary/aromatic N) is 3. The van der Waals surface area contributed by atoms with E-state index in [1.807, 2.05) is 51.1 Å². The van der Waals surface area contributed by atoms with Crippen molar-refractivity contribution in [3.05, 3.63) is 71.6 Å². The van der Waals surface area contributed by atoms with E-state index in [-0.39, 0.29) is 28.4 Å². The highest BCUT2D eigenvalue weighted by molar-refractivity contribution is 7.89. The van der Waals surface area contributed by atoms with Crippen LogP contribution in [0.3, 0.4) is 0 Å². The van der Waals surface area contributed by atoms with Crippen LogP contribution in [0.5, 0.6) is 0 Å². The van der Waals surface area contributed by atoms with Gasteiger partial charge in [-0.15, -0.1) is 5.10 Å². The number of nitrogens with one attached hydrogen (secondary N) is 1. The average molecular weight is 443 g/mol. The van der Waals surface area contributed by atoms with E-state index in [9.17, 15) is 13.2 Å². The summed E-state index contributed by atoms with van der Waals surface area (Å²) in [5, 5.41) is 10.3. The predicted octanol–water partition coefficient (Wildman–Crippen LogP) is 3.83. The first-order valence-corrected chi connectivity index (χ1v) is 11.3. The standard InChI is InChI=1S/C22H26N4O4S/c1-5-26(15-16-9-7-6-8-10-16)31(28,29)18-13-11-17(12-14-18)19(27)23-21-25-24-20(30-21)22(2,3)4/h6-14H,5,15H2,1-4H3,(H,23,25,27). The number of amides is 1. The molecule has 0 saturated heterocycles. The number of anilines is 1. The van der Waals surface area contributed by atoms with Crippen LogP contribution in [0.15, 0.2) is 63.9 Å². The van der Waals surface area contributed by atoms with Crippen LogP contribution in [0.1, 0.15) is 49.5 Å². The lowest BCUT2D eigenvalue weighted by atomic mass is 9.97. The second-order valence-electron chi connectivity index (χ2n) is 8.06. The zero-order chi connectivity index (χ0) is 22.6. The quantitative estimate of drug-likeness (QED) is 0.596. The minimum Gasteiger partial charge on any atom is -0.407 e. The summed E-state index contributed by atoms with van der Waals surface area (Å²) in [6.45, 7) is 8.15. The number of rotatable bonds is 7. The molecule has 0 atom stereocenters. The fraction of sp³-hybridized carbons (Fsp3) is 0.318. The second-order valence-corrected chi connectivity index (χ2v) is 10.00. The van der Waals surface area contributed by atoms with Crippen LogP contribution >= 0.6 is 0 Å². The highest BCUT2D eigenvalue weighted by Gasteiger charge is 2.24. The van der Waals surface area contributed by atoms with Crippen LogP contribution < -0.4 is 5.32 Å². The number of carbonyl (C=O) groups excluding carboxylic acids is 1. The van der Waals surface area contributed by atoms with E-state index < -0.39 is 15.9 Å². The Balaban J connectivity index is 1.73. The van der Waals surface area contributed by atoms with Gasteiger partial charge >= 0.3 is 6.01 Å². The van der Waals surface area contributed by atoms with Crippen molar-refractivity contribution in [2.75, 3.05) is 11.9 Å². The van der Waals surface area contributed by atoms with Gasteiger partial charge in [-0.25, -0.2) is 8.42 Å². The minimum absolute atomic E-state index is 0.00774. The van der Waals surface area contributed by atoms with Gasteiger partial charge in [0.15, 0.2) is 0 Å². The van der Waals surface area contributed by atoms with E-state index in [1.165, 1.54) is 28.6 Å². The summed E-state index contributed by atoms with van der Waals surface area (Å²) in [4.78, 5) is 12.6. The minimum atomic E-state index is -3.70. The van der Waals surface area contributed by atoms with Crippen molar-refractivity contribution in [1.29, 1.82) is 0 Å². The molecule has 0 aliphatic carbocycles. The van der Waals surface area contributed by atoms with E-state index in [1.54, 1.807) is 6.92 Å². The first kappa shape index (κ1) is 22.6. The van der Waals surface area contributed by atoms with E-state index >= 15 is 0 Å². The fourth-order valence-corrected chi connectivity index (χ4v) is 4.26. The molecule has 1 heterocycles. The molecule has 0 bridgehead atoms. The highest BCUT2D eigenvalue weighted by atomic mass is 32.2. The normalized spacial score (nSPS) is 12.2. The van der Waals surface area contributed by atoms with E-state index in [4.69, 9.17) is 4.42 Å². The summed E-state index contributed by atoms with van der Waals surface area (Å²) in [7, 11) is -3.70. The molecule has 1 N–H and O–H groups in total. The zero-order valence-corrected chi connectivity index (χ0v) is 18.8. The van der Waals surface area contributed by atoms with Crippen LogP contribution in [0.4, 0.5) is 6.01 Å². The summed E-state index contributed by atoms with van der Waals surface area (Å²) >= 11 is 0. The van der Waals surface area contributed by atoms with Gasteiger partial charge in [0.25, 0.3) is 5.91 Å². The number of hydrogen-bond acceptors (Lipinski definition) is 6. The second kappa shape index (κ2) is 8.99. The predicted molar refractivity (Wildman–Crippen MR) is 117 cm³/mol. The van der Waals surface area contributed by atoms with Crippen LogP contribution in [-0.2, 0) is 22.0 Å². The van der Waals surface area contributed by atoms with Gasteiger partial charge in [-0.3, -0.25) is 10.1 Å². The first-order valence-electron chi connectivity index (χ1n) is 9.90. The molecular formula is C22H26N4O4S. The van der Waals surface area contributed by atoms with Crippen molar-refractivity contribution in [2.24, 2.45) is 0 Å². The van der Waals surface area contributed by atoms with E-state index in [2.05, 4.69) is 15.5 Å². The molecule has 0 unspecified atom stereocenters. The van der Waals surface area contributed by atoms with Crippen molar-refractivity contribution in [3.8, 4) is 0 Å². The molecular weight excluding hydrogens is 416 g/mol. The molecule has 3 aromatic rings. The van der Waals surface area contributed by atoms with Crippen LogP contribution in [0.2, 0.25) is 0 Å². The Morgan fingerprint density at radius 1 is 1.03 bits per heavy atom. The molecule has 2 aromatic carbocycles. The molecule has 1 aromatic heterocycles. The third-order valence-electron chi connectivity index (χ3n) is 4.60. The lowest BCUT2D eigenvalue weighted by Crippen LogP contribution is -2.30. The molecule has 0 spiro atoms. The topological polar surface area (TPSA) is 105 Å². The maximum absolute atomic E-state index is 13.0. The Morgan fingerprint density at radius 2 is 1.68 bits per heavy atom. The van der Waals surface area contributed by atoms with Gasteiger partial charge in [0.1, 0.15) is 0 Å². The third-order valence-corrected chi connectivity index (χ3v) is 6.53. The van der Waals surface area contributed by atoms with Gasteiger partial charge in [-0.1, -0.05) is 63.1 Å². The van der Waals surface area contributed by atoms with Gasteiger partial charge < -0.3 is 4.42 Å². The summed E-state index contributed by atoms with van der Waals surface area (Å²) in [6.07, 6.45) is 0. The van der Waals surface area contributed by atoms with Gasteiger partial charge in [-0.2, -0.15) is 4.31 Å². The molecule has 9 heteroatoms. The van der Waals surface area contributed by atoms with Crippen LogP contribution in [-0.4, -0.2) is 35.4 Å². The largest absolute Gasteiger partial charge is 0.407 e. The number of benzene rings is 2. The third kappa shape index (κ3) is 5.36. The lowest BCUT2D eigenvalue weighted by molar-refractivity contribution is 0.102. The van der Waals surface area contributed by atoms with Crippen molar-refractivity contribution in [1.82, 2.24) is 14.5 Å². The summed E-state index contributed by atoms with van der Waals surface area (Å²) < 4.78 is 32.9. The molecule has 1 amide bonds. The van der Waals surface area contributed by atoms with Crippen molar-refractivity contribution < 1.29 is 17.6 Å². The Bertz CT molecular complexity index is 1130. The van der Waals surface area contributed by atoms with E-state index in [0.29, 0.717) is 12.4 Å². The number of aromatic nitrogens is 2. The number of carbonyl (C=O) groups is 1. The van der Waals surface area contributed by atoms with Gasteiger partial charge in [0.05, 0.1) is 4.90 Å². The molecule has 0 radical (unpaired) electrons. The molecule has 0 fully saturated rings. The number of hydrogen-bond donors (Lipinski definition) is 1. The molecule has 8 nitrogen and oxygen atoms in total. The average Bonchev–Trinajstić information content (AvgIpc) is 3.22. The molecule has 3 rings (SSSR count). The smallest absolute Gasteiger partial charge is 0.322 e. The fourth-order valence-electron chi connectivity index (χ4n) is 2.83. The van der Waals surface area contributed by atoms with Crippen molar-refractivity contribution in [2.45, 2.75) is 44.6 Å².